The Kier molecular flexibility index (Phi) is 6.25. The first-order valence-electron chi connectivity index (χ1n) is 8.42. The topological polar surface area (TPSA) is 36.9 Å². The highest BCUT2D eigenvalue weighted by molar-refractivity contribution is 5.13. The number of hydrogen-bond donors (Lipinski definition) is 0. The Bertz CT molecular complexity index is 416. The fourth-order valence-corrected chi connectivity index (χ4v) is 3.00. The van der Waals surface area contributed by atoms with Crippen molar-refractivity contribution < 1.29 is 18.9 Å². The highest BCUT2D eigenvalue weighted by Crippen LogP contribution is 2.23. The molecule has 0 N–H and O–H groups in total. The lowest BCUT2D eigenvalue weighted by Gasteiger charge is -2.35. The van der Waals surface area contributed by atoms with E-state index in [4.69, 9.17) is 18.9 Å². The third-order valence-corrected chi connectivity index (χ3v) is 4.24. The Morgan fingerprint density at radius 2 is 1.82 bits per heavy atom. The summed E-state index contributed by atoms with van der Waals surface area (Å²) in [5, 5.41) is 0. The van der Waals surface area contributed by atoms with E-state index in [0.29, 0.717) is 13.2 Å². The summed E-state index contributed by atoms with van der Waals surface area (Å²) in [4.78, 5) is 0. The molecule has 0 aliphatic carbocycles. The molecular formula is C18H26O4. The van der Waals surface area contributed by atoms with E-state index in [0.717, 1.165) is 38.9 Å². The van der Waals surface area contributed by atoms with Crippen molar-refractivity contribution in [3.63, 3.8) is 0 Å². The van der Waals surface area contributed by atoms with Crippen molar-refractivity contribution in [2.24, 2.45) is 0 Å². The first-order chi connectivity index (χ1) is 10.9. The predicted octanol–water partition coefficient (Wildman–Crippen LogP) is 3.29. The molecule has 2 saturated heterocycles. The zero-order chi connectivity index (χ0) is 15.0. The molecule has 1 aromatic carbocycles. The monoisotopic (exact) mass is 306 g/mol. The van der Waals surface area contributed by atoms with Crippen molar-refractivity contribution in [3.05, 3.63) is 35.9 Å². The molecule has 3 unspecified atom stereocenters. The molecule has 0 aromatic heterocycles. The van der Waals surface area contributed by atoms with Crippen LogP contribution in [0.3, 0.4) is 0 Å². The predicted molar refractivity (Wildman–Crippen MR) is 83.5 cm³/mol. The van der Waals surface area contributed by atoms with E-state index in [1.807, 2.05) is 18.2 Å². The Balaban J connectivity index is 1.45. The summed E-state index contributed by atoms with van der Waals surface area (Å²) in [6.45, 7) is 2.80. The molecule has 122 valence electrons. The highest BCUT2D eigenvalue weighted by atomic mass is 16.7. The van der Waals surface area contributed by atoms with Crippen LogP contribution < -0.4 is 0 Å². The third-order valence-electron chi connectivity index (χ3n) is 4.24. The summed E-state index contributed by atoms with van der Waals surface area (Å²) < 4.78 is 23.5. The molecule has 2 aliphatic rings. The molecular weight excluding hydrogens is 280 g/mol. The van der Waals surface area contributed by atoms with Crippen LogP contribution in [0.15, 0.2) is 30.3 Å². The summed E-state index contributed by atoms with van der Waals surface area (Å²) in [6, 6.07) is 10.2. The molecule has 1 aromatic rings. The maximum atomic E-state index is 6.12. The van der Waals surface area contributed by atoms with E-state index in [1.54, 1.807) is 0 Å². The second-order valence-electron chi connectivity index (χ2n) is 6.02. The SMILES string of the molecule is c1ccc(COCC2OCCCC2OC2CCCCO2)cc1. The highest BCUT2D eigenvalue weighted by Gasteiger charge is 2.30. The second-order valence-corrected chi connectivity index (χ2v) is 6.02. The van der Waals surface area contributed by atoms with Crippen molar-refractivity contribution in [2.75, 3.05) is 19.8 Å². The standard InChI is InChI=1S/C18H26O4/c1-2-7-15(8-3-1)13-19-14-17-16(9-6-12-20-17)22-18-10-4-5-11-21-18/h1-3,7-8,16-18H,4-6,9-14H2. The quantitative estimate of drug-likeness (QED) is 0.808. The van der Waals surface area contributed by atoms with E-state index >= 15 is 0 Å². The Morgan fingerprint density at radius 1 is 0.955 bits per heavy atom. The Labute approximate surface area is 132 Å². The van der Waals surface area contributed by atoms with Gasteiger partial charge in [-0.25, -0.2) is 0 Å². The van der Waals surface area contributed by atoms with Crippen molar-refractivity contribution >= 4 is 0 Å². The molecule has 0 amide bonds. The zero-order valence-corrected chi connectivity index (χ0v) is 13.1. The van der Waals surface area contributed by atoms with E-state index < -0.39 is 0 Å². The molecule has 3 rings (SSSR count). The van der Waals surface area contributed by atoms with Crippen molar-refractivity contribution in [2.45, 2.75) is 57.2 Å². The van der Waals surface area contributed by atoms with Gasteiger partial charge in [0.1, 0.15) is 6.10 Å². The molecule has 4 heteroatoms. The molecule has 0 spiro atoms. The molecule has 2 fully saturated rings. The maximum absolute atomic E-state index is 6.12. The average molecular weight is 306 g/mol. The fraction of sp³-hybridized carbons (Fsp3) is 0.667. The Morgan fingerprint density at radius 3 is 2.64 bits per heavy atom. The van der Waals surface area contributed by atoms with Gasteiger partial charge in [-0.1, -0.05) is 30.3 Å². The van der Waals surface area contributed by atoms with E-state index in [9.17, 15) is 0 Å². The van der Waals surface area contributed by atoms with E-state index in [1.165, 1.54) is 12.0 Å². The van der Waals surface area contributed by atoms with Gasteiger partial charge in [-0.05, 0) is 37.7 Å². The van der Waals surface area contributed by atoms with Gasteiger partial charge in [0.25, 0.3) is 0 Å². The molecule has 22 heavy (non-hydrogen) atoms. The third kappa shape index (κ3) is 4.78. The molecule has 0 bridgehead atoms. The average Bonchev–Trinajstić information content (AvgIpc) is 2.58. The van der Waals surface area contributed by atoms with E-state index in [-0.39, 0.29) is 18.5 Å². The minimum absolute atomic E-state index is 0.0167. The molecule has 2 heterocycles. The van der Waals surface area contributed by atoms with Gasteiger partial charge in [-0.2, -0.15) is 0 Å². The number of benzene rings is 1. The van der Waals surface area contributed by atoms with Crippen LogP contribution in [0, 0.1) is 0 Å². The summed E-state index contributed by atoms with van der Waals surface area (Å²) in [5.74, 6) is 0. The number of rotatable bonds is 6. The van der Waals surface area contributed by atoms with Crippen LogP contribution in [0.4, 0.5) is 0 Å². The first-order valence-corrected chi connectivity index (χ1v) is 8.42. The summed E-state index contributed by atoms with van der Waals surface area (Å²) in [7, 11) is 0. The minimum atomic E-state index is -0.0583. The van der Waals surface area contributed by atoms with Crippen LogP contribution in [-0.2, 0) is 25.6 Å². The first kappa shape index (κ1) is 15.9. The molecule has 0 saturated carbocycles. The number of hydrogen-bond acceptors (Lipinski definition) is 4. The van der Waals surface area contributed by atoms with Gasteiger partial charge in [-0.15, -0.1) is 0 Å². The lowest BCUT2D eigenvalue weighted by atomic mass is 10.1. The van der Waals surface area contributed by atoms with Gasteiger partial charge in [0.05, 0.1) is 19.3 Å². The van der Waals surface area contributed by atoms with Gasteiger partial charge in [0, 0.05) is 13.2 Å². The van der Waals surface area contributed by atoms with Crippen molar-refractivity contribution in [3.8, 4) is 0 Å². The Hall–Kier alpha value is -0.940. The van der Waals surface area contributed by atoms with Crippen molar-refractivity contribution in [1.29, 1.82) is 0 Å². The maximum Gasteiger partial charge on any atom is 0.158 e. The molecule has 2 aliphatic heterocycles. The van der Waals surface area contributed by atoms with Crippen molar-refractivity contribution in [1.82, 2.24) is 0 Å². The smallest absolute Gasteiger partial charge is 0.158 e. The van der Waals surface area contributed by atoms with Crippen LogP contribution in [0.25, 0.3) is 0 Å². The molecule has 4 nitrogen and oxygen atoms in total. The van der Waals surface area contributed by atoms with Crippen LogP contribution in [0.5, 0.6) is 0 Å². The van der Waals surface area contributed by atoms with Crippen LogP contribution >= 0.6 is 0 Å². The second kappa shape index (κ2) is 8.63. The number of ether oxygens (including phenoxy) is 4. The fourth-order valence-electron chi connectivity index (χ4n) is 3.00. The zero-order valence-electron chi connectivity index (χ0n) is 13.1. The normalized spacial score (nSPS) is 29.4. The van der Waals surface area contributed by atoms with E-state index in [2.05, 4.69) is 12.1 Å². The van der Waals surface area contributed by atoms with Gasteiger partial charge in [0.15, 0.2) is 6.29 Å². The van der Waals surface area contributed by atoms with Gasteiger partial charge in [-0.3, -0.25) is 0 Å². The minimum Gasteiger partial charge on any atom is -0.374 e. The van der Waals surface area contributed by atoms with Crippen LogP contribution in [0.1, 0.15) is 37.7 Å². The van der Waals surface area contributed by atoms with Crippen LogP contribution in [-0.4, -0.2) is 38.3 Å². The molecule has 0 radical (unpaired) electrons. The summed E-state index contributed by atoms with van der Waals surface area (Å²) >= 11 is 0. The van der Waals surface area contributed by atoms with Crippen LogP contribution in [0.2, 0.25) is 0 Å². The lowest BCUT2D eigenvalue weighted by Crippen LogP contribution is -2.42. The summed E-state index contributed by atoms with van der Waals surface area (Å²) in [5.41, 5.74) is 1.19. The molecule has 3 atom stereocenters. The van der Waals surface area contributed by atoms with Gasteiger partial charge >= 0.3 is 0 Å². The largest absolute Gasteiger partial charge is 0.374 e. The summed E-state index contributed by atoms with van der Waals surface area (Å²) in [6.07, 6.45) is 5.45. The van der Waals surface area contributed by atoms with Gasteiger partial charge in [0.2, 0.25) is 0 Å². The van der Waals surface area contributed by atoms with Gasteiger partial charge < -0.3 is 18.9 Å². The lowest BCUT2D eigenvalue weighted by molar-refractivity contribution is -0.229.